The Bertz CT molecular complexity index is 739. The number of carbonyl (C=O) groups excluding carboxylic acids is 2. The van der Waals surface area contributed by atoms with Gasteiger partial charge in [-0.25, -0.2) is 0 Å². The van der Waals surface area contributed by atoms with E-state index in [2.05, 4.69) is 6.08 Å². The zero-order valence-electron chi connectivity index (χ0n) is 12.1. The molecule has 108 valence electrons. The number of hydrogen-bond acceptors (Lipinski definition) is 2. The Morgan fingerprint density at radius 3 is 2.18 bits per heavy atom. The van der Waals surface area contributed by atoms with Crippen LogP contribution in [0.1, 0.15) is 27.9 Å². The summed E-state index contributed by atoms with van der Waals surface area (Å²) in [4.78, 5) is 22.4. The van der Waals surface area contributed by atoms with Crippen molar-refractivity contribution in [3.63, 3.8) is 0 Å². The summed E-state index contributed by atoms with van der Waals surface area (Å²) in [5.74, 6) is 0. The second-order valence-electron chi connectivity index (χ2n) is 5.46. The summed E-state index contributed by atoms with van der Waals surface area (Å²) in [6.45, 7) is 0. The fraction of sp³-hybridized carbons (Fsp3) is 0.100. The largest absolute Gasteiger partial charge is 0.302 e. The van der Waals surface area contributed by atoms with E-state index in [9.17, 15) is 9.59 Å². The van der Waals surface area contributed by atoms with Gasteiger partial charge in [0.25, 0.3) is 0 Å². The molecule has 0 radical (unpaired) electrons. The average Bonchev–Trinajstić information content (AvgIpc) is 2.63. The Morgan fingerprint density at radius 2 is 1.64 bits per heavy atom. The van der Waals surface area contributed by atoms with Gasteiger partial charge in [-0.2, -0.15) is 0 Å². The van der Waals surface area contributed by atoms with E-state index in [1.54, 1.807) is 12.1 Å². The number of hydrogen-bond donors (Lipinski definition) is 0. The fourth-order valence-electron chi connectivity index (χ4n) is 2.74. The Morgan fingerprint density at radius 1 is 0.909 bits per heavy atom. The number of allylic oxidation sites excluding steroid dienone is 4. The molecule has 0 spiro atoms. The first-order chi connectivity index (χ1) is 10.8. The summed E-state index contributed by atoms with van der Waals surface area (Å²) >= 11 is 0. The summed E-state index contributed by atoms with van der Waals surface area (Å²) < 4.78 is 0. The van der Waals surface area contributed by atoms with Gasteiger partial charge in [0.2, 0.25) is 0 Å². The normalized spacial score (nSPS) is 20.3. The molecule has 2 aromatic carbocycles. The van der Waals surface area contributed by atoms with Crippen molar-refractivity contribution in [3.8, 4) is 0 Å². The van der Waals surface area contributed by atoms with Gasteiger partial charge in [-0.15, -0.1) is 0 Å². The van der Waals surface area contributed by atoms with Crippen LogP contribution in [0, 0.1) is 0 Å². The van der Waals surface area contributed by atoms with Crippen LogP contribution in [-0.2, 0) is 10.2 Å². The maximum Gasteiger partial charge on any atom is 0.150 e. The minimum absolute atomic E-state index is 0.576. The predicted octanol–water partition coefficient (Wildman–Crippen LogP) is 3.98. The molecule has 1 aliphatic rings. The second-order valence-corrected chi connectivity index (χ2v) is 5.46. The minimum atomic E-state index is -0.576. The number of benzene rings is 2. The maximum atomic E-state index is 11.7. The summed E-state index contributed by atoms with van der Waals surface area (Å²) in [7, 11) is 0. The zero-order chi connectivity index (χ0) is 15.4. The fourth-order valence-corrected chi connectivity index (χ4v) is 2.74. The van der Waals surface area contributed by atoms with Crippen LogP contribution in [0.3, 0.4) is 0 Å². The number of carbonyl (C=O) groups is 2. The molecule has 2 nitrogen and oxygen atoms in total. The van der Waals surface area contributed by atoms with Gasteiger partial charge in [-0.3, -0.25) is 4.79 Å². The van der Waals surface area contributed by atoms with Gasteiger partial charge in [0.05, 0.1) is 5.41 Å². The van der Waals surface area contributed by atoms with Crippen LogP contribution in [0.4, 0.5) is 0 Å². The number of aldehydes is 2. The molecule has 0 amide bonds. The van der Waals surface area contributed by atoms with Gasteiger partial charge in [0.1, 0.15) is 12.6 Å². The first-order valence-electron chi connectivity index (χ1n) is 7.24. The average molecular weight is 288 g/mol. The highest BCUT2D eigenvalue weighted by Gasteiger charge is 2.29. The smallest absolute Gasteiger partial charge is 0.150 e. The Kier molecular flexibility index (Phi) is 3.84. The van der Waals surface area contributed by atoms with Crippen LogP contribution < -0.4 is 0 Å². The van der Waals surface area contributed by atoms with Crippen LogP contribution in [0.25, 0.3) is 5.57 Å². The lowest BCUT2D eigenvalue weighted by Gasteiger charge is -2.27. The van der Waals surface area contributed by atoms with Crippen molar-refractivity contribution in [1.82, 2.24) is 0 Å². The Hall–Kier alpha value is -2.74. The lowest BCUT2D eigenvalue weighted by Crippen LogP contribution is -2.26. The molecule has 3 rings (SSSR count). The standard InChI is InChI=1S/C20H16O2/c21-14-16-6-8-17(9-7-16)18-10-12-20(15-22,13-11-18)19-4-2-1-3-5-19/h1-12,14-15H,13H2. The molecule has 0 aromatic heterocycles. The van der Waals surface area contributed by atoms with E-state index in [0.29, 0.717) is 12.0 Å². The first kappa shape index (κ1) is 14.2. The molecular weight excluding hydrogens is 272 g/mol. The van der Waals surface area contributed by atoms with Crippen molar-refractivity contribution in [2.75, 3.05) is 0 Å². The summed E-state index contributed by atoms with van der Waals surface area (Å²) in [6.07, 6.45) is 8.53. The van der Waals surface area contributed by atoms with Crippen LogP contribution in [0.2, 0.25) is 0 Å². The quantitative estimate of drug-likeness (QED) is 0.797. The van der Waals surface area contributed by atoms with E-state index in [0.717, 1.165) is 29.3 Å². The summed E-state index contributed by atoms with van der Waals surface area (Å²) in [5.41, 5.74) is 3.22. The number of rotatable bonds is 4. The topological polar surface area (TPSA) is 34.1 Å². The highest BCUT2D eigenvalue weighted by atomic mass is 16.1. The third kappa shape index (κ3) is 2.56. The van der Waals surface area contributed by atoms with Gasteiger partial charge in [-0.05, 0) is 23.1 Å². The maximum absolute atomic E-state index is 11.7. The molecule has 0 saturated carbocycles. The monoisotopic (exact) mass is 288 g/mol. The van der Waals surface area contributed by atoms with E-state index in [4.69, 9.17) is 0 Å². The molecule has 0 N–H and O–H groups in total. The lowest BCUT2D eigenvalue weighted by molar-refractivity contribution is -0.111. The molecule has 2 aromatic rings. The van der Waals surface area contributed by atoms with E-state index in [-0.39, 0.29) is 0 Å². The molecule has 2 heteroatoms. The van der Waals surface area contributed by atoms with Crippen molar-refractivity contribution in [2.24, 2.45) is 0 Å². The second kappa shape index (κ2) is 5.94. The molecule has 0 heterocycles. The first-order valence-corrected chi connectivity index (χ1v) is 7.24. The molecule has 1 aliphatic carbocycles. The highest BCUT2D eigenvalue weighted by molar-refractivity contribution is 5.83. The van der Waals surface area contributed by atoms with Gasteiger partial charge in [0, 0.05) is 5.56 Å². The summed E-state index contributed by atoms with van der Waals surface area (Å²) in [5, 5.41) is 0. The van der Waals surface area contributed by atoms with Gasteiger partial charge in [-0.1, -0.05) is 72.8 Å². The van der Waals surface area contributed by atoms with E-state index >= 15 is 0 Å². The van der Waals surface area contributed by atoms with E-state index in [1.165, 1.54) is 0 Å². The molecule has 1 atom stereocenters. The highest BCUT2D eigenvalue weighted by Crippen LogP contribution is 2.34. The van der Waals surface area contributed by atoms with Crippen LogP contribution in [0.15, 0.2) is 72.8 Å². The molecule has 22 heavy (non-hydrogen) atoms. The van der Waals surface area contributed by atoms with Gasteiger partial charge < -0.3 is 4.79 Å². The van der Waals surface area contributed by atoms with Crippen molar-refractivity contribution >= 4 is 18.1 Å². The molecular formula is C20H16O2. The van der Waals surface area contributed by atoms with Crippen LogP contribution in [0.5, 0.6) is 0 Å². The molecule has 0 bridgehead atoms. The minimum Gasteiger partial charge on any atom is -0.302 e. The van der Waals surface area contributed by atoms with Crippen LogP contribution in [-0.4, -0.2) is 12.6 Å². The van der Waals surface area contributed by atoms with Crippen molar-refractivity contribution < 1.29 is 9.59 Å². The molecule has 1 unspecified atom stereocenters. The van der Waals surface area contributed by atoms with Crippen molar-refractivity contribution in [2.45, 2.75) is 11.8 Å². The van der Waals surface area contributed by atoms with Gasteiger partial charge >= 0.3 is 0 Å². The summed E-state index contributed by atoms with van der Waals surface area (Å²) in [6, 6.07) is 17.3. The lowest BCUT2D eigenvalue weighted by atomic mass is 9.75. The van der Waals surface area contributed by atoms with E-state index < -0.39 is 5.41 Å². The molecule has 0 saturated heterocycles. The predicted molar refractivity (Wildman–Crippen MR) is 87.7 cm³/mol. The Labute approximate surface area is 129 Å². The third-order valence-electron chi connectivity index (χ3n) is 4.12. The Balaban J connectivity index is 1.89. The van der Waals surface area contributed by atoms with Crippen molar-refractivity contribution in [1.29, 1.82) is 0 Å². The zero-order valence-corrected chi connectivity index (χ0v) is 12.1. The van der Waals surface area contributed by atoms with E-state index in [1.807, 2.05) is 54.6 Å². The van der Waals surface area contributed by atoms with Crippen LogP contribution >= 0.6 is 0 Å². The van der Waals surface area contributed by atoms with Gasteiger partial charge in [0.15, 0.2) is 0 Å². The SMILES string of the molecule is O=Cc1ccc(C2=CCC(C=O)(c3ccccc3)C=C2)cc1. The molecule has 0 aliphatic heterocycles. The molecule has 0 fully saturated rings. The third-order valence-corrected chi connectivity index (χ3v) is 4.12. The van der Waals surface area contributed by atoms with Crippen molar-refractivity contribution in [3.05, 3.63) is 89.5 Å².